The molecule has 27 heavy (non-hydrogen) atoms. The molecule has 1 aromatic carbocycles. The second-order valence-electron chi connectivity index (χ2n) is 5.19. The second kappa shape index (κ2) is 9.58. The number of carbonyl (C=O) groups excluding carboxylic acids is 3. The highest BCUT2D eigenvalue weighted by Crippen LogP contribution is 2.28. The lowest BCUT2D eigenvalue weighted by molar-refractivity contribution is -0.385. The normalized spacial score (nSPS) is 19.9. The third-order valence-electron chi connectivity index (χ3n) is 3.44. The van der Waals surface area contributed by atoms with Gasteiger partial charge in [-0.05, 0) is 29.6 Å². The molecule has 1 fully saturated rings. The quantitative estimate of drug-likeness (QED) is 0.432. The molecule has 1 saturated heterocycles. The van der Waals surface area contributed by atoms with E-state index in [1.165, 1.54) is 24.9 Å². The second-order valence-corrected chi connectivity index (χ2v) is 7.80. The van der Waals surface area contributed by atoms with Crippen molar-refractivity contribution >= 4 is 51.3 Å². The van der Waals surface area contributed by atoms with E-state index in [1.54, 1.807) is 12.1 Å². The van der Waals surface area contributed by atoms with Gasteiger partial charge in [-0.15, -0.1) is 0 Å². The van der Waals surface area contributed by atoms with Crippen molar-refractivity contribution in [3.63, 3.8) is 0 Å². The maximum Gasteiger partial charge on any atom is 0.411 e. The van der Waals surface area contributed by atoms with Crippen LogP contribution < -0.4 is 10.6 Å². The van der Waals surface area contributed by atoms with E-state index in [2.05, 4.69) is 10.6 Å². The van der Waals surface area contributed by atoms with Gasteiger partial charge in [0.2, 0.25) is 4.45 Å². The van der Waals surface area contributed by atoms with Crippen molar-refractivity contribution in [2.24, 2.45) is 0 Å². The Hall–Kier alpha value is -2.31. The number of anilines is 1. The molecule has 2 unspecified atom stereocenters. The number of nitrogens with one attached hydrogen (secondary N) is 2. The van der Waals surface area contributed by atoms with Gasteiger partial charge in [0.1, 0.15) is 12.0 Å². The van der Waals surface area contributed by atoms with Crippen molar-refractivity contribution in [1.82, 2.24) is 5.32 Å². The van der Waals surface area contributed by atoms with E-state index in [0.717, 1.165) is 17.5 Å². The number of methoxy groups -OCH3 is 1. The first-order valence-electron chi connectivity index (χ1n) is 7.73. The van der Waals surface area contributed by atoms with Crippen LogP contribution in [-0.4, -0.2) is 45.7 Å². The Bertz CT molecular complexity index is 759. The van der Waals surface area contributed by atoms with Crippen LogP contribution in [0.1, 0.15) is 12.5 Å². The Morgan fingerprint density at radius 3 is 2.78 bits per heavy atom. The first-order chi connectivity index (χ1) is 12.8. The molecule has 12 heteroatoms. The third kappa shape index (κ3) is 5.58. The number of β-lactam (4-membered cyclic amide) rings is 1. The number of thioether (sulfide) groups is 2. The molecule has 3 aliphatic rings. The van der Waals surface area contributed by atoms with Gasteiger partial charge in [-0.2, -0.15) is 0 Å². The lowest BCUT2D eigenvalue weighted by Crippen LogP contribution is -2.61. The highest BCUT2D eigenvalue weighted by atomic mass is 32.2. The van der Waals surface area contributed by atoms with E-state index in [-0.39, 0.29) is 28.0 Å². The fraction of sp³-hybridized carbons (Fsp3) is 0.400. The third-order valence-corrected chi connectivity index (χ3v) is 5.42. The zero-order valence-corrected chi connectivity index (χ0v) is 16.1. The molecule has 2 bridgehead atoms. The van der Waals surface area contributed by atoms with Gasteiger partial charge < -0.3 is 14.8 Å². The fourth-order valence-electron chi connectivity index (χ4n) is 2.15. The topological polar surface area (TPSA) is 137 Å². The predicted molar refractivity (Wildman–Crippen MR) is 101 cm³/mol. The number of benzene rings is 1. The Balaban J connectivity index is 0.000000194. The standard InChI is InChI=1S/C8H6N2O4.C7H11NO3S2/c11-8-9-6-2-1-5(4-14-8)7(3-6)10(12)13;1-3-12-7(10)13-6-4(11-2)5(9)8-6/h1-3H,4H2,(H,9,11);4,6H,3H2,1-2H3,(H,8,9). The summed E-state index contributed by atoms with van der Waals surface area (Å²) >= 11 is 2.35. The first kappa shape index (κ1) is 21.0. The van der Waals surface area contributed by atoms with E-state index < -0.39 is 17.1 Å². The van der Waals surface area contributed by atoms with Crippen LogP contribution in [0.3, 0.4) is 0 Å². The first-order valence-corrected chi connectivity index (χ1v) is 9.60. The summed E-state index contributed by atoms with van der Waals surface area (Å²) in [4.78, 5) is 43.0. The zero-order valence-electron chi connectivity index (χ0n) is 14.4. The summed E-state index contributed by atoms with van der Waals surface area (Å²) < 4.78 is 9.61. The smallest absolute Gasteiger partial charge is 0.411 e. The minimum Gasteiger partial charge on any atom is -0.444 e. The molecule has 1 aromatic rings. The predicted octanol–water partition coefficient (Wildman–Crippen LogP) is 2.72. The maximum absolute atomic E-state index is 11.1. The van der Waals surface area contributed by atoms with Crippen LogP contribution in [0.15, 0.2) is 18.2 Å². The van der Waals surface area contributed by atoms with Crippen LogP contribution in [0.4, 0.5) is 21.0 Å². The number of nitro benzene ring substituents is 1. The number of ether oxygens (including phenoxy) is 2. The van der Waals surface area contributed by atoms with Crippen molar-refractivity contribution in [1.29, 1.82) is 0 Å². The molecule has 2 atom stereocenters. The SMILES string of the molecule is CCSC(=O)SC1NC(=O)C1OC.O=C1Nc2ccc(c([N+](=O)[O-])c2)CO1. The Labute approximate surface area is 162 Å². The lowest BCUT2D eigenvalue weighted by Gasteiger charge is -2.33. The number of fused-ring (bicyclic) bond motifs is 5. The molecular formula is C15H17N3O7S2. The molecule has 3 aliphatic heterocycles. The molecule has 0 saturated carbocycles. The number of nitro groups is 1. The number of hydrogen-bond acceptors (Lipinski definition) is 9. The lowest BCUT2D eigenvalue weighted by atomic mass is 10.1. The number of nitrogens with zero attached hydrogens (tertiary/aromatic N) is 1. The molecule has 2 amide bonds. The molecule has 3 heterocycles. The molecule has 0 aromatic heterocycles. The Morgan fingerprint density at radius 2 is 2.19 bits per heavy atom. The van der Waals surface area contributed by atoms with Gasteiger partial charge in [0.05, 0.1) is 16.2 Å². The van der Waals surface area contributed by atoms with Gasteiger partial charge in [-0.25, -0.2) is 4.79 Å². The average molecular weight is 415 g/mol. The number of carbonyl (C=O) groups is 3. The van der Waals surface area contributed by atoms with Gasteiger partial charge in [0.25, 0.3) is 11.6 Å². The summed E-state index contributed by atoms with van der Waals surface area (Å²) in [6.45, 7) is 1.83. The number of rotatable bonds is 4. The van der Waals surface area contributed by atoms with Gasteiger partial charge in [0.15, 0.2) is 6.10 Å². The summed E-state index contributed by atoms with van der Waals surface area (Å²) in [6.07, 6.45) is -1.06. The highest BCUT2D eigenvalue weighted by Gasteiger charge is 2.41. The zero-order chi connectivity index (χ0) is 20.0. The van der Waals surface area contributed by atoms with Crippen LogP contribution >= 0.6 is 23.5 Å². The minimum absolute atomic E-state index is 0.0227. The largest absolute Gasteiger partial charge is 0.444 e. The summed E-state index contributed by atoms with van der Waals surface area (Å²) in [7, 11) is 1.47. The Morgan fingerprint density at radius 1 is 1.44 bits per heavy atom. The summed E-state index contributed by atoms with van der Waals surface area (Å²) in [5.41, 5.74) is 0.723. The van der Waals surface area contributed by atoms with Gasteiger partial charge >= 0.3 is 6.09 Å². The summed E-state index contributed by atoms with van der Waals surface area (Å²) in [6, 6.07) is 4.48. The van der Waals surface area contributed by atoms with E-state index in [1.807, 2.05) is 6.92 Å². The van der Waals surface area contributed by atoms with Gasteiger partial charge in [0, 0.05) is 13.2 Å². The molecule has 0 aliphatic carbocycles. The van der Waals surface area contributed by atoms with Crippen LogP contribution in [-0.2, 0) is 20.9 Å². The Kier molecular flexibility index (Phi) is 7.45. The van der Waals surface area contributed by atoms with E-state index in [0.29, 0.717) is 11.3 Å². The van der Waals surface area contributed by atoms with Crippen molar-refractivity contribution < 1.29 is 28.8 Å². The van der Waals surface area contributed by atoms with E-state index >= 15 is 0 Å². The van der Waals surface area contributed by atoms with Crippen molar-refractivity contribution in [2.45, 2.75) is 25.0 Å². The van der Waals surface area contributed by atoms with Crippen LogP contribution in [0.5, 0.6) is 0 Å². The molecule has 0 spiro atoms. The molecule has 2 N–H and O–H groups in total. The molecule has 4 rings (SSSR count). The van der Waals surface area contributed by atoms with Gasteiger partial charge in [-0.3, -0.25) is 25.0 Å². The average Bonchev–Trinajstić information content (AvgIpc) is 2.58. The number of hydrogen-bond donors (Lipinski definition) is 2. The van der Waals surface area contributed by atoms with Crippen molar-refractivity contribution in [3.8, 4) is 0 Å². The minimum atomic E-state index is -0.597. The number of amides is 2. The molecule has 10 nitrogen and oxygen atoms in total. The molecule has 0 radical (unpaired) electrons. The highest BCUT2D eigenvalue weighted by molar-refractivity contribution is 8.38. The monoisotopic (exact) mass is 415 g/mol. The van der Waals surface area contributed by atoms with Gasteiger partial charge in [-0.1, -0.05) is 18.7 Å². The summed E-state index contributed by atoms with van der Waals surface area (Å²) in [5.74, 6) is 0.610. The maximum atomic E-state index is 11.1. The fourth-order valence-corrected chi connectivity index (χ4v) is 4.06. The summed E-state index contributed by atoms with van der Waals surface area (Å²) in [5, 5.41) is 15.4. The van der Waals surface area contributed by atoms with Crippen LogP contribution in [0.2, 0.25) is 0 Å². The van der Waals surface area contributed by atoms with Crippen LogP contribution in [0, 0.1) is 10.1 Å². The van der Waals surface area contributed by atoms with Crippen LogP contribution in [0.25, 0.3) is 0 Å². The molecule has 146 valence electrons. The van der Waals surface area contributed by atoms with E-state index in [4.69, 9.17) is 9.47 Å². The van der Waals surface area contributed by atoms with Crippen molar-refractivity contribution in [3.05, 3.63) is 33.9 Å². The van der Waals surface area contributed by atoms with Crippen molar-refractivity contribution in [2.75, 3.05) is 18.2 Å². The van der Waals surface area contributed by atoms with E-state index in [9.17, 15) is 24.5 Å². The molecular weight excluding hydrogens is 398 g/mol.